The summed E-state index contributed by atoms with van der Waals surface area (Å²) in [5.41, 5.74) is 5.23. The Bertz CT molecular complexity index is 228. The summed E-state index contributed by atoms with van der Waals surface area (Å²) in [6.45, 7) is 7.75. The van der Waals surface area contributed by atoms with Gasteiger partial charge in [-0.15, -0.1) is 0 Å². The summed E-state index contributed by atoms with van der Waals surface area (Å²) in [5.74, 6) is 0.235. The number of nitrogens with zero attached hydrogens (tertiary/aromatic N) is 1. The number of hydrogen-bond acceptors (Lipinski definition) is 4. The van der Waals surface area contributed by atoms with Crippen LogP contribution < -0.4 is 5.73 Å². The van der Waals surface area contributed by atoms with Crippen LogP contribution in [0.15, 0.2) is 0 Å². The topological polar surface area (TPSA) is 64.8 Å². The summed E-state index contributed by atoms with van der Waals surface area (Å²) in [4.78, 5) is 13.0. The first-order valence-corrected chi connectivity index (χ1v) is 6.31. The molecule has 17 heavy (non-hydrogen) atoms. The minimum atomic E-state index is -0.281. The van der Waals surface area contributed by atoms with E-state index in [4.69, 9.17) is 15.2 Å². The van der Waals surface area contributed by atoms with Gasteiger partial charge in [0.05, 0.1) is 19.8 Å². The van der Waals surface area contributed by atoms with Gasteiger partial charge >= 0.3 is 0 Å². The van der Waals surface area contributed by atoms with Gasteiger partial charge in [0.25, 0.3) is 0 Å². The quantitative estimate of drug-likeness (QED) is 0.711. The molecule has 1 rings (SSSR count). The molecule has 0 spiro atoms. The van der Waals surface area contributed by atoms with Gasteiger partial charge in [-0.2, -0.15) is 0 Å². The molecule has 0 radical (unpaired) electrons. The smallest absolute Gasteiger partial charge is 0.231 e. The largest absolute Gasteiger partial charge is 0.369 e. The number of carbonyl (C=O) groups is 1. The van der Waals surface area contributed by atoms with Gasteiger partial charge in [-0.25, -0.2) is 0 Å². The van der Waals surface area contributed by atoms with E-state index >= 15 is 0 Å². The number of hydrogen-bond donors (Lipinski definition) is 1. The highest BCUT2D eigenvalue weighted by Gasteiger charge is 2.17. The van der Waals surface area contributed by atoms with Crippen molar-refractivity contribution in [3.05, 3.63) is 0 Å². The minimum absolute atomic E-state index is 0.119. The van der Waals surface area contributed by atoms with Crippen LogP contribution in [0.2, 0.25) is 0 Å². The van der Waals surface area contributed by atoms with Crippen LogP contribution in [0.5, 0.6) is 0 Å². The van der Waals surface area contributed by atoms with Crippen molar-refractivity contribution in [3.8, 4) is 0 Å². The lowest BCUT2D eigenvalue weighted by molar-refractivity contribution is -0.182. The molecule has 5 nitrogen and oxygen atoms in total. The molecule has 1 fully saturated rings. The van der Waals surface area contributed by atoms with Crippen molar-refractivity contribution in [2.45, 2.75) is 33.0 Å². The fourth-order valence-electron chi connectivity index (χ4n) is 1.96. The van der Waals surface area contributed by atoms with Crippen LogP contribution in [0, 0.1) is 5.92 Å². The summed E-state index contributed by atoms with van der Waals surface area (Å²) >= 11 is 0. The third kappa shape index (κ3) is 6.61. The third-order valence-electron chi connectivity index (χ3n) is 2.58. The average Bonchev–Trinajstić information content (AvgIpc) is 2.26. The molecule has 1 aliphatic rings. The van der Waals surface area contributed by atoms with Crippen LogP contribution in [0.25, 0.3) is 0 Å². The van der Waals surface area contributed by atoms with Crippen molar-refractivity contribution in [2.75, 3.05) is 32.8 Å². The highest BCUT2D eigenvalue weighted by Crippen LogP contribution is 2.10. The van der Waals surface area contributed by atoms with Gasteiger partial charge < -0.3 is 15.2 Å². The SMILES string of the molecule is CC(C)CN(CCC1OCCCO1)CC(N)=O. The average molecular weight is 244 g/mol. The Hall–Kier alpha value is -0.650. The highest BCUT2D eigenvalue weighted by atomic mass is 16.7. The molecule has 0 saturated carbocycles. The van der Waals surface area contributed by atoms with Crippen LogP contribution in [0.4, 0.5) is 0 Å². The van der Waals surface area contributed by atoms with Crippen molar-refractivity contribution >= 4 is 5.91 Å². The molecule has 0 unspecified atom stereocenters. The maximum atomic E-state index is 11.0. The first kappa shape index (κ1) is 14.4. The lowest BCUT2D eigenvalue weighted by Crippen LogP contribution is -2.39. The van der Waals surface area contributed by atoms with Gasteiger partial charge in [-0.05, 0) is 12.3 Å². The molecule has 0 aliphatic carbocycles. The van der Waals surface area contributed by atoms with Gasteiger partial charge in [0.15, 0.2) is 6.29 Å². The molecular formula is C12H24N2O3. The minimum Gasteiger partial charge on any atom is -0.369 e. The Kier molecular flexibility index (Phi) is 6.47. The Balaban J connectivity index is 2.28. The molecule has 0 bridgehead atoms. The molecule has 1 saturated heterocycles. The second-order valence-electron chi connectivity index (χ2n) is 4.91. The summed E-state index contributed by atoms with van der Waals surface area (Å²) in [7, 11) is 0. The number of primary amides is 1. The molecule has 100 valence electrons. The maximum Gasteiger partial charge on any atom is 0.231 e. The number of rotatable bonds is 7. The molecule has 0 aromatic heterocycles. The van der Waals surface area contributed by atoms with Crippen LogP contribution in [-0.2, 0) is 14.3 Å². The Morgan fingerprint density at radius 1 is 1.41 bits per heavy atom. The molecule has 1 aliphatic heterocycles. The zero-order valence-electron chi connectivity index (χ0n) is 10.9. The summed E-state index contributed by atoms with van der Waals surface area (Å²) in [6, 6.07) is 0. The van der Waals surface area contributed by atoms with E-state index in [2.05, 4.69) is 18.7 Å². The standard InChI is InChI=1S/C12H24N2O3/c1-10(2)8-14(9-11(13)15)5-4-12-16-6-3-7-17-12/h10,12H,3-9H2,1-2H3,(H2,13,15). The van der Waals surface area contributed by atoms with Crippen molar-refractivity contribution in [3.63, 3.8) is 0 Å². The number of nitrogens with two attached hydrogens (primary N) is 1. The van der Waals surface area contributed by atoms with Gasteiger partial charge in [-0.1, -0.05) is 13.8 Å². The van der Waals surface area contributed by atoms with E-state index in [1.54, 1.807) is 0 Å². The monoisotopic (exact) mass is 244 g/mol. The summed E-state index contributed by atoms with van der Waals surface area (Å²) < 4.78 is 10.9. The van der Waals surface area contributed by atoms with E-state index < -0.39 is 0 Å². The molecule has 0 aromatic rings. The second-order valence-corrected chi connectivity index (χ2v) is 4.91. The van der Waals surface area contributed by atoms with Gasteiger partial charge in [0.2, 0.25) is 5.91 Å². The van der Waals surface area contributed by atoms with Crippen molar-refractivity contribution < 1.29 is 14.3 Å². The van der Waals surface area contributed by atoms with Crippen LogP contribution >= 0.6 is 0 Å². The van der Waals surface area contributed by atoms with E-state index in [0.29, 0.717) is 12.5 Å². The van der Waals surface area contributed by atoms with E-state index in [9.17, 15) is 4.79 Å². The molecule has 1 amide bonds. The molecule has 0 aromatic carbocycles. The summed E-state index contributed by atoms with van der Waals surface area (Å²) in [5, 5.41) is 0. The predicted octanol–water partition coefficient (Wildman–Crippen LogP) is 0.583. The van der Waals surface area contributed by atoms with Gasteiger partial charge in [-0.3, -0.25) is 9.69 Å². The second kappa shape index (κ2) is 7.63. The number of carbonyl (C=O) groups excluding carboxylic acids is 1. The van der Waals surface area contributed by atoms with E-state index in [0.717, 1.165) is 39.1 Å². The van der Waals surface area contributed by atoms with Crippen LogP contribution in [0.1, 0.15) is 26.7 Å². The third-order valence-corrected chi connectivity index (χ3v) is 2.58. The van der Waals surface area contributed by atoms with Crippen molar-refractivity contribution in [1.29, 1.82) is 0 Å². The Morgan fingerprint density at radius 3 is 2.59 bits per heavy atom. The Labute approximate surface area is 103 Å². The van der Waals surface area contributed by atoms with Crippen molar-refractivity contribution in [2.24, 2.45) is 11.7 Å². The van der Waals surface area contributed by atoms with E-state index in [1.807, 2.05) is 0 Å². The van der Waals surface area contributed by atoms with E-state index in [-0.39, 0.29) is 12.2 Å². The number of amides is 1. The molecular weight excluding hydrogens is 220 g/mol. The highest BCUT2D eigenvalue weighted by molar-refractivity contribution is 5.75. The van der Waals surface area contributed by atoms with Gasteiger partial charge in [0.1, 0.15) is 0 Å². The van der Waals surface area contributed by atoms with Gasteiger partial charge in [0, 0.05) is 19.5 Å². The summed E-state index contributed by atoms with van der Waals surface area (Å²) in [6.07, 6.45) is 1.64. The number of ether oxygens (including phenoxy) is 2. The maximum absolute atomic E-state index is 11.0. The predicted molar refractivity (Wildman–Crippen MR) is 65.4 cm³/mol. The van der Waals surface area contributed by atoms with Crippen molar-refractivity contribution in [1.82, 2.24) is 4.90 Å². The first-order valence-electron chi connectivity index (χ1n) is 6.31. The Morgan fingerprint density at radius 2 is 2.06 bits per heavy atom. The fraction of sp³-hybridized carbons (Fsp3) is 0.917. The molecule has 1 heterocycles. The molecule has 5 heteroatoms. The zero-order chi connectivity index (χ0) is 12.7. The lowest BCUT2D eigenvalue weighted by Gasteiger charge is -2.27. The van der Waals surface area contributed by atoms with Crippen LogP contribution in [-0.4, -0.2) is 49.9 Å². The fourth-order valence-corrected chi connectivity index (χ4v) is 1.96. The van der Waals surface area contributed by atoms with Crippen LogP contribution in [0.3, 0.4) is 0 Å². The normalized spacial score (nSPS) is 17.9. The molecule has 2 N–H and O–H groups in total. The molecule has 0 atom stereocenters. The zero-order valence-corrected chi connectivity index (χ0v) is 10.9. The lowest BCUT2D eigenvalue weighted by atomic mass is 10.2. The first-order chi connectivity index (χ1) is 8.08. The van der Waals surface area contributed by atoms with E-state index in [1.165, 1.54) is 0 Å².